The molecule has 1 saturated heterocycles. The van der Waals surface area contributed by atoms with Crippen LogP contribution < -0.4 is 4.74 Å². The molecule has 1 aromatic rings. The molecule has 0 unspecified atom stereocenters. The summed E-state index contributed by atoms with van der Waals surface area (Å²) >= 11 is 6.87. The number of hydrogen-bond donors (Lipinski definition) is 0. The molecule has 1 aromatic carbocycles. The third-order valence-electron chi connectivity index (χ3n) is 3.99. The van der Waals surface area contributed by atoms with Crippen LogP contribution in [0.4, 0.5) is 0 Å². The van der Waals surface area contributed by atoms with Gasteiger partial charge in [-0.2, -0.15) is 0 Å². The van der Waals surface area contributed by atoms with Gasteiger partial charge in [0, 0.05) is 16.6 Å². The molecule has 1 amide bonds. The minimum absolute atomic E-state index is 0.0736. The van der Waals surface area contributed by atoms with Gasteiger partial charge in [-0.1, -0.05) is 15.9 Å². The Morgan fingerprint density at radius 3 is 2.48 bits per heavy atom. The number of rotatable bonds is 3. The molecule has 0 spiro atoms. The van der Waals surface area contributed by atoms with Gasteiger partial charge in [0.05, 0.1) is 4.47 Å². The van der Waals surface area contributed by atoms with Crippen LogP contribution >= 0.6 is 31.9 Å². The summed E-state index contributed by atoms with van der Waals surface area (Å²) in [7, 11) is 0. The minimum Gasteiger partial charge on any atom is -0.480 e. The van der Waals surface area contributed by atoms with Crippen LogP contribution in [0.15, 0.2) is 27.1 Å². The lowest BCUT2D eigenvalue weighted by Crippen LogP contribution is -2.51. The van der Waals surface area contributed by atoms with Crippen LogP contribution in [0.5, 0.6) is 5.75 Å². The number of carbonyl (C=O) groups is 1. The Labute approximate surface area is 143 Å². The van der Waals surface area contributed by atoms with Gasteiger partial charge in [-0.3, -0.25) is 4.79 Å². The molecule has 0 radical (unpaired) electrons. The molecule has 0 saturated carbocycles. The van der Waals surface area contributed by atoms with Crippen molar-refractivity contribution in [1.29, 1.82) is 0 Å². The maximum absolute atomic E-state index is 12.7. The van der Waals surface area contributed by atoms with Gasteiger partial charge in [-0.15, -0.1) is 0 Å². The van der Waals surface area contributed by atoms with E-state index in [2.05, 4.69) is 45.7 Å². The van der Waals surface area contributed by atoms with E-state index in [9.17, 15) is 4.79 Å². The topological polar surface area (TPSA) is 29.5 Å². The van der Waals surface area contributed by atoms with Crippen LogP contribution in [-0.2, 0) is 4.79 Å². The standard InChI is InChI=1S/C16H21Br2NO2/c1-10-5-4-6-11(2)19(10)16(20)12(3)21-15-8-7-13(17)9-14(15)18/h7-12H,4-6H2,1-3H3/t10-,11-,12+/m1/s1. The molecule has 0 aliphatic carbocycles. The van der Waals surface area contributed by atoms with Crippen LogP contribution in [0.25, 0.3) is 0 Å². The van der Waals surface area contributed by atoms with Gasteiger partial charge in [0.15, 0.2) is 6.10 Å². The molecule has 1 aliphatic heterocycles. The molecule has 0 N–H and O–H groups in total. The van der Waals surface area contributed by atoms with Crippen molar-refractivity contribution in [2.75, 3.05) is 0 Å². The fourth-order valence-corrected chi connectivity index (χ4v) is 4.02. The Morgan fingerprint density at radius 1 is 1.29 bits per heavy atom. The average Bonchev–Trinajstić information content (AvgIpc) is 2.41. The summed E-state index contributed by atoms with van der Waals surface area (Å²) in [5.74, 6) is 0.765. The molecule has 0 bridgehead atoms. The van der Waals surface area contributed by atoms with E-state index >= 15 is 0 Å². The van der Waals surface area contributed by atoms with Crippen LogP contribution in [0.2, 0.25) is 0 Å². The highest BCUT2D eigenvalue weighted by Crippen LogP contribution is 2.30. The van der Waals surface area contributed by atoms with E-state index in [0.717, 1.165) is 21.8 Å². The third-order valence-corrected chi connectivity index (χ3v) is 5.11. The van der Waals surface area contributed by atoms with Crippen molar-refractivity contribution in [1.82, 2.24) is 4.90 Å². The maximum Gasteiger partial charge on any atom is 0.263 e. The van der Waals surface area contributed by atoms with Crippen LogP contribution in [0, 0.1) is 0 Å². The summed E-state index contributed by atoms with van der Waals surface area (Å²) in [6, 6.07) is 6.27. The summed E-state index contributed by atoms with van der Waals surface area (Å²) in [6.07, 6.45) is 2.86. The van der Waals surface area contributed by atoms with Gasteiger partial charge in [0.25, 0.3) is 5.91 Å². The number of amides is 1. The first-order valence-corrected chi connectivity index (χ1v) is 8.92. The number of hydrogen-bond acceptors (Lipinski definition) is 2. The second-order valence-electron chi connectivity index (χ2n) is 5.71. The summed E-state index contributed by atoms with van der Waals surface area (Å²) in [4.78, 5) is 14.7. The normalized spacial score (nSPS) is 23.8. The van der Waals surface area contributed by atoms with E-state index in [1.54, 1.807) is 0 Å². The Balaban J connectivity index is 2.08. The lowest BCUT2D eigenvalue weighted by atomic mass is 9.97. The number of nitrogens with zero attached hydrogens (tertiary/aromatic N) is 1. The van der Waals surface area contributed by atoms with E-state index in [0.29, 0.717) is 17.8 Å². The number of carbonyl (C=O) groups excluding carboxylic acids is 1. The van der Waals surface area contributed by atoms with Crippen LogP contribution in [-0.4, -0.2) is 29.0 Å². The summed E-state index contributed by atoms with van der Waals surface area (Å²) in [5.41, 5.74) is 0. The first-order chi connectivity index (χ1) is 9.90. The predicted octanol–water partition coefficient (Wildman–Crippen LogP) is 4.77. The SMILES string of the molecule is C[C@H](Oc1ccc(Br)cc1Br)C(=O)N1[C@H](C)CCC[C@H]1C. The van der Waals surface area contributed by atoms with E-state index < -0.39 is 6.10 Å². The number of piperidine rings is 1. The largest absolute Gasteiger partial charge is 0.480 e. The van der Waals surface area contributed by atoms with Gasteiger partial charge in [0.1, 0.15) is 5.75 Å². The van der Waals surface area contributed by atoms with Gasteiger partial charge >= 0.3 is 0 Å². The van der Waals surface area contributed by atoms with Gasteiger partial charge < -0.3 is 9.64 Å². The highest BCUT2D eigenvalue weighted by Gasteiger charge is 2.32. The Kier molecular flexibility index (Phi) is 5.72. The number of halogens is 2. The first kappa shape index (κ1) is 16.8. The fraction of sp³-hybridized carbons (Fsp3) is 0.562. The minimum atomic E-state index is -0.481. The second kappa shape index (κ2) is 7.14. The molecule has 5 heteroatoms. The molecule has 3 atom stereocenters. The molecule has 2 rings (SSSR count). The monoisotopic (exact) mass is 417 g/mol. The van der Waals surface area contributed by atoms with Crippen molar-refractivity contribution < 1.29 is 9.53 Å². The van der Waals surface area contributed by atoms with Gasteiger partial charge in [-0.25, -0.2) is 0 Å². The third kappa shape index (κ3) is 4.01. The zero-order valence-electron chi connectivity index (χ0n) is 12.6. The average molecular weight is 419 g/mol. The Bertz CT molecular complexity index is 511. The Morgan fingerprint density at radius 2 is 1.90 bits per heavy atom. The zero-order valence-corrected chi connectivity index (χ0v) is 15.8. The summed E-state index contributed by atoms with van der Waals surface area (Å²) < 4.78 is 7.67. The van der Waals surface area contributed by atoms with Crippen molar-refractivity contribution in [3.63, 3.8) is 0 Å². The molecular formula is C16H21Br2NO2. The zero-order chi connectivity index (χ0) is 15.6. The maximum atomic E-state index is 12.7. The van der Waals surface area contributed by atoms with Crippen molar-refractivity contribution in [2.45, 2.75) is 58.2 Å². The number of ether oxygens (including phenoxy) is 1. The molecule has 21 heavy (non-hydrogen) atoms. The van der Waals surface area contributed by atoms with Gasteiger partial charge in [0.2, 0.25) is 0 Å². The lowest BCUT2D eigenvalue weighted by molar-refractivity contribution is -0.144. The highest BCUT2D eigenvalue weighted by atomic mass is 79.9. The molecular weight excluding hydrogens is 398 g/mol. The molecule has 1 heterocycles. The van der Waals surface area contributed by atoms with Gasteiger partial charge in [-0.05, 0) is 74.2 Å². The molecule has 1 aliphatic rings. The van der Waals surface area contributed by atoms with Crippen molar-refractivity contribution >= 4 is 37.8 Å². The number of benzene rings is 1. The molecule has 0 aromatic heterocycles. The molecule has 3 nitrogen and oxygen atoms in total. The van der Waals surface area contributed by atoms with Crippen molar-refractivity contribution in [3.05, 3.63) is 27.1 Å². The molecule has 116 valence electrons. The summed E-state index contributed by atoms with van der Waals surface area (Å²) in [5, 5.41) is 0. The summed E-state index contributed by atoms with van der Waals surface area (Å²) in [6.45, 7) is 6.07. The van der Waals surface area contributed by atoms with E-state index in [4.69, 9.17) is 4.74 Å². The second-order valence-corrected chi connectivity index (χ2v) is 7.48. The Hall–Kier alpha value is -0.550. The van der Waals surface area contributed by atoms with Crippen LogP contribution in [0.1, 0.15) is 40.0 Å². The predicted molar refractivity (Wildman–Crippen MR) is 91.6 cm³/mol. The fourth-order valence-electron chi connectivity index (χ4n) is 2.88. The van der Waals surface area contributed by atoms with Crippen molar-refractivity contribution in [2.24, 2.45) is 0 Å². The van der Waals surface area contributed by atoms with E-state index in [1.807, 2.05) is 30.0 Å². The quantitative estimate of drug-likeness (QED) is 0.707. The van der Waals surface area contributed by atoms with Crippen LogP contribution in [0.3, 0.4) is 0 Å². The molecule has 1 fully saturated rings. The van der Waals surface area contributed by atoms with E-state index in [-0.39, 0.29) is 5.91 Å². The number of likely N-dealkylation sites (tertiary alicyclic amines) is 1. The smallest absolute Gasteiger partial charge is 0.263 e. The lowest BCUT2D eigenvalue weighted by Gasteiger charge is -2.40. The van der Waals surface area contributed by atoms with Crippen molar-refractivity contribution in [3.8, 4) is 5.75 Å². The first-order valence-electron chi connectivity index (χ1n) is 7.34. The van der Waals surface area contributed by atoms with E-state index in [1.165, 1.54) is 6.42 Å². The highest BCUT2D eigenvalue weighted by molar-refractivity contribution is 9.11.